The lowest BCUT2D eigenvalue weighted by atomic mass is 10.1. The summed E-state index contributed by atoms with van der Waals surface area (Å²) in [5.41, 5.74) is 2.43. The van der Waals surface area contributed by atoms with Gasteiger partial charge in [-0.15, -0.1) is 0 Å². The molecule has 0 radical (unpaired) electrons. The van der Waals surface area contributed by atoms with Crippen LogP contribution in [0, 0.1) is 5.41 Å². The average Bonchev–Trinajstić information content (AvgIpc) is 2.81. The first-order valence-corrected chi connectivity index (χ1v) is 10.2. The topological polar surface area (TPSA) is 89.4 Å². The summed E-state index contributed by atoms with van der Waals surface area (Å²) in [6, 6.07) is 9.52. The summed E-state index contributed by atoms with van der Waals surface area (Å²) in [5.74, 6) is 2.62. The third-order valence-corrected chi connectivity index (χ3v) is 4.99. The number of ether oxygens (including phenoxy) is 3. The van der Waals surface area contributed by atoms with Gasteiger partial charge >= 0.3 is 0 Å². The van der Waals surface area contributed by atoms with E-state index in [4.69, 9.17) is 19.6 Å². The molecule has 0 aliphatic heterocycles. The largest absolute Gasteiger partial charge is 0.495 e. The zero-order valence-electron chi connectivity index (χ0n) is 18.3. The highest BCUT2D eigenvalue weighted by molar-refractivity contribution is 5.93. The second kappa shape index (κ2) is 10.4. The quantitative estimate of drug-likeness (QED) is 0.414. The fourth-order valence-corrected chi connectivity index (χ4v) is 3.26. The Balaban J connectivity index is 2.06. The summed E-state index contributed by atoms with van der Waals surface area (Å²) >= 11 is 0. The van der Waals surface area contributed by atoms with Crippen LogP contribution in [-0.4, -0.2) is 36.5 Å². The predicted molar refractivity (Wildman–Crippen MR) is 125 cm³/mol. The average molecular weight is 421 g/mol. The fourth-order valence-electron chi connectivity index (χ4n) is 3.26. The van der Waals surface area contributed by atoms with Crippen molar-refractivity contribution < 1.29 is 14.2 Å². The van der Waals surface area contributed by atoms with Gasteiger partial charge in [-0.2, -0.15) is 0 Å². The highest BCUT2D eigenvalue weighted by Gasteiger charge is 2.15. The Morgan fingerprint density at radius 2 is 1.77 bits per heavy atom. The zero-order chi connectivity index (χ0) is 22.2. The van der Waals surface area contributed by atoms with Crippen molar-refractivity contribution in [2.24, 2.45) is 0 Å². The minimum atomic E-state index is 0.102. The lowest BCUT2D eigenvalue weighted by molar-refractivity contribution is 0.185. The molecule has 3 aromatic rings. The van der Waals surface area contributed by atoms with Crippen LogP contribution in [0.25, 0.3) is 17.0 Å². The Bertz CT molecular complexity index is 1080. The Labute approximate surface area is 182 Å². The molecule has 7 nitrogen and oxygen atoms in total. The summed E-state index contributed by atoms with van der Waals surface area (Å²) < 4.78 is 17.2. The Hall–Kier alpha value is -3.61. The monoisotopic (exact) mass is 420 g/mol. The summed E-state index contributed by atoms with van der Waals surface area (Å²) in [5, 5.41) is 11.4. The first-order chi connectivity index (χ1) is 15.1. The molecule has 0 bridgehead atoms. The van der Waals surface area contributed by atoms with Crippen LogP contribution in [0.3, 0.4) is 0 Å². The van der Waals surface area contributed by atoms with Crippen LogP contribution in [0.1, 0.15) is 32.3 Å². The van der Waals surface area contributed by atoms with E-state index in [2.05, 4.69) is 29.1 Å². The number of allylic oxidation sites excluding steroid dienone is 1. The molecule has 0 fully saturated rings. The molecule has 162 valence electrons. The maximum atomic E-state index is 7.19. The Morgan fingerprint density at radius 1 is 1.00 bits per heavy atom. The molecule has 0 aliphatic carbocycles. The van der Waals surface area contributed by atoms with Crippen LogP contribution in [-0.2, 0) is 0 Å². The third-order valence-electron chi connectivity index (χ3n) is 4.99. The molecule has 1 aromatic heterocycles. The van der Waals surface area contributed by atoms with Crippen LogP contribution in [0.2, 0.25) is 0 Å². The van der Waals surface area contributed by atoms with E-state index >= 15 is 0 Å². The Kier molecular flexibility index (Phi) is 7.43. The Morgan fingerprint density at radius 3 is 2.45 bits per heavy atom. The van der Waals surface area contributed by atoms with Crippen LogP contribution >= 0.6 is 0 Å². The molecular formula is C24H28N4O3. The van der Waals surface area contributed by atoms with Crippen LogP contribution in [0.15, 0.2) is 42.7 Å². The van der Waals surface area contributed by atoms with Crippen molar-refractivity contribution in [1.29, 1.82) is 5.41 Å². The van der Waals surface area contributed by atoms with E-state index in [0.717, 1.165) is 35.0 Å². The van der Waals surface area contributed by atoms with Crippen molar-refractivity contribution in [3.63, 3.8) is 0 Å². The van der Waals surface area contributed by atoms with E-state index in [0.29, 0.717) is 23.1 Å². The summed E-state index contributed by atoms with van der Waals surface area (Å²) in [7, 11) is 3.25. The minimum Gasteiger partial charge on any atom is -0.495 e. The van der Waals surface area contributed by atoms with E-state index in [-0.39, 0.29) is 6.10 Å². The molecule has 1 heterocycles. The van der Waals surface area contributed by atoms with E-state index in [9.17, 15) is 0 Å². The molecule has 3 rings (SSSR count). The summed E-state index contributed by atoms with van der Waals surface area (Å²) in [6.07, 6.45) is 8.18. The van der Waals surface area contributed by atoms with Crippen molar-refractivity contribution in [1.82, 2.24) is 9.97 Å². The van der Waals surface area contributed by atoms with Gasteiger partial charge in [0.1, 0.15) is 17.9 Å². The third kappa shape index (κ3) is 5.12. The number of methoxy groups -OCH3 is 2. The van der Waals surface area contributed by atoms with Crippen molar-refractivity contribution in [2.75, 3.05) is 19.5 Å². The van der Waals surface area contributed by atoms with Gasteiger partial charge in [0.2, 0.25) is 0 Å². The van der Waals surface area contributed by atoms with Crippen LogP contribution in [0.5, 0.6) is 17.2 Å². The molecule has 0 atom stereocenters. The van der Waals surface area contributed by atoms with Crippen molar-refractivity contribution in [3.05, 3.63) is 48.3 Å². The number of aromatic nitrogens is 2. The van der Waals surface area contributed by atoms with Gasteiger partial charge in [-0.3, -0.25) is 0 Å². The van der Waals surface area contributed by atoms with Crippen LogP contribution < -0.4 is 19.5 Å². The number of benzene rings is 2. The summed E-state index contributed by atoms with van der Waals surface area (Å²) in [6.45, 7) is 4.20. The zero-order valence-corrected chi connectivity index (χ0v) is 18.3. The highest BCUT2D eigenvalue weighted by Crippen LogP contribution is 2.37. The number of hydrogen-bond donors (Lipinski definition) is 2. The number of fused-ring (bicyclic) bond motifs is 1. The van der Waals surface area contributed by atoms with Gasteiger partial charge in [0.05, 0.1) is 31.5 Å². The number of nitrogens with zero attached hydrogens (tertiary/aromatic N) is 2. The van der Waals surface area contributed by atoms with Gasteiger partial charge in [0.15, 0.2) is 11.5 Å². The molecule has 0 saturated carbocycles. The van der Waals surface area contributed by atoms with E-state index in [1.807, 2.05) is 36.4 Å². The summed E-state index contributed by atoms with van der Waals surface area (Å²) in [4.78, 5) is 8.86. The molecular weight excluding hydrogens is 392 g/mol. The molecule has 0 spiro atoms. The molecule has 2 aromatic carbocycles. The van der Waals surface area contributed by atoms with E-state index in [1.165, 1.54) is 12.5 Å². The molecule has 0 saturated heterocycles. The molecule has 31 heavy (non-hydrogen) atoms. The smallest absolute Gasteiger partial charge is 0.162 e. The van der Waals surface area contributed by atoms with Crippen molar-refractivity contribution >= 4 is 34.7 Å². The maximum Gasteiger partial charge on any atom is 0.162 e. The first-order valence-electron chi connectivity index (χ1n) is 10.2. The number of anilines is 2. The van der Waals surface area contributed by atoms with Gasteiger partial charge in [-0.1, -0.05) is 26.0 Å². The van der Waals surface area contributed by atoms with Gasteiger partial charge < -0.3 is 24.9 Å². The van der Waals surface area contributed by atoms with Gasteiger partial charge in [-0.25, -0.2) is 9.97 Å². The molecule has 0 unspecified atom stereocenters. The molecule has 0 amide bonds. The van der Waals surface area contributed by atoms with Crippen molar-refractivity contribution in [3.8, 4) is 17.2 Å². The lowest BCUT2D eigenvalue weighted by Gasteiger charge is -2.19. The van der Waals surface area contributed by atoms with E-state index in [1.54, 1.807) is 20.3 Å². The molecule has 2 N–H and O–H groups in total. The number of nitrogens with one attached hydrogen (secondary N) is 2. The van der Waals surface area contributed by atoms with E-state index < -0.39 is 0 Å². The number of hydrogen-bond acceptors (Lipinski definition) is 7. The van der Waals surface area contributed by atoms with Crippen LogP contribution in [0.4, 0.5) is 11.5 Å². The second-order valence-electron chi connectivity index (χ2n) is 6.91. The molecule has 0 aliphatic rings. The maximum absolute atomic E-state index is 7.19. The second-order valence-corrected chi connectivity index (χ2v) is 6.91. The van der Waals surface area contributed by atoms with Gasteiger partial charge in [-0.05, 0) is 42.7 Å². The fraction of sp³-hybridized carbons (Fsp3) is 0.292. The minimum absolute atomic E-state index is 0.102. The van der Waals surface area contributed by atoms with Crippen molar-refractivity contribution in [2.45, 2.75) is 32.8 Å². The first kappa shape index (κ1) is 22.1. The lowest BCUT2D eigenvalue weighted by Crippen LogP contribution is -2.14. The standard InChI is InChI=1S/C24H28N4O3/c1-5-17(6-2)31-23-13-18-19(14-22(23)30-4)26-15-27-24(18)28-20-12-16(8-7-11-25)9-10-21(20)29-3/h7-15,17,25H,5-6H2,1-4H3,(H,26,27,28)/b8-7+,25-11?. The highest BCUT2D eigenvalue weighted by atomic mass is 16.5. The predicted octanol–water partition coefficient (Wildman–Crippen LogP) is 5.62. The normalized spacial score (nSPS) is 11.1. The van der Waals surface area contributed by atoms with Gasteiger partial charge in [0.25, 0.3) is 0 Å². The molecule has 7 heteroatoms. The van der Waals surface area contributed by atoms with Gasteiger partial charge in [0, 0.05) is 17.7 Å². The SMILES string of the molecule is CCC(CC)Oc1cc2c(Nc3cc(/C=C/C=N)ccc3OC)ncnc2cc1OC. The number of rotatable bonds is 10.